The molecule has 0 spiro atoms. The third kappa shape index (κ3) is 2.49. The van der Waals surface area contributed by atoms with Gasteiger partial charge < -0.3 is 4.74 Å². The van der Waals surface area contributed by atoms with E-state index in [1.807, 2.05) is 0 Å². The highest BCUT2D eigenvalue weighted by molar-refractivity contribution is 9.10. The quantitative estimate of drug-likeness (QED) is 0.666. The number of rotatable bonds is 3. The number of thiophene rings is 1. The molecule has 2 aromatic rings. The van der Waals surface area contributed by atoms with Crippen LogP contribution in [0.2, 0.25) is 0 Å². The van der Waals surface area contributed by atoms with E-state index in [2.05, 4.69) is 56.4 Å². The van der Waals surface area contributed by atoms with Crippen molar-refractivity contribution in [2.75, 3.05) is 6.61 Å². The number of nitrogens with one attached hydrogen (secondary N) is 1. The van der Waals surface area contributed by atoms with E-state index in [0.717, 1.165) is 23.1 Å². The fraction of sp³-hybridized carbons (Fsp3) is 0.286. The van der Waals surface area contributed by atoms with E-state index in [1.165, 1.54) is 11.1 Å². The van der Waals surface area contributed by atoms with Crippen molar-refractivity contribution in [1.82, 2.24) is 5.43 Å². The number of hydrogen-bond donors (Lipinski definition) is 2. The van der Waals surface area contributed by atoms with E-state index in [0.29, 0.717) is 0 Å². The van der Waals surface area contributed by atoms with Gasteiger partial charge in [0.05, 0.1) is 12.6 Å². The van der Waals surface area contributed by atoms with Gasteiger partial charge in [0.1, 0.15) is 6.10 Å². The number of hydrogen-bond acceptors (Lipinski definition) is 4. The van der Waals surface area contributed by atoms with Gasteiger partial charge in [-0.05, 0) is 44.4 Å². The molecule has 3 rings (SSSR count). The van der Waals surface area contributed by atoms with E-state index in [9.17, 15) is 0 Å². The molecule has 0 saturated heterocycles. The minimum atomic E-state index is -0.0409. The lowest BCUT2D eigenvalue weighted by Crippen LogP contribution is -2.35. The van der Waals surface area contributed by atoms with Crippen LogP contribution in [0.15, 0.2) is 39.5 Å². The van der Waals surface area contributed by atoms with Gasteiger partial charge in [0.25, 0.3) is 0 Å². The average Bonchev–Trinajstić information content (AvgIpc) is 2.86. The van der Waals surface area contributed by atoms with Crippen LogP contribution in [0.25, 0.3) is 0 Å². The molecule has 1 aromatic carbocycles. The highest BCUT2D eigenvalue weighted by atomic mass is 79.9. The van der Waals surface area contributed by atoms with Gasteiger partial charge >= 0.3 is 0 Å². The summed E-state index contributed by atoms with van der Waals surface area (Å²) in [5.41, 5.74) is 6.64. The van der Waals surface area contributed by atoms with Crippen molar-refractivity contribution >= 4 is 27.3 Å². The van der Waals surface area contributed by atoms with Crippen molar-refractivity contribution in [3.63, 3.8) is 0 Å². The largest absolute Gasteiger partial charge is 0.371 e. The Kier molecular flexibility index (Phi) is 4.00. The molecule has 1 aromatic heterocycles. The van der Waals surface area contributed by atoms with Gasteiger partial charge in [-0.25, -0.2) is 5.43 Å². The van der Waals surface area contributed by atoms with Crippen LogP contribution in [0, 0.1) is 0 Å². The Bertz CT molecular complexity index is 572. The predicted molar refractivity (Wildman–Crippen MR) is 80.9 cm³/mol. The summed E-state index contributed by atoms with van der Waals surface area (Å²) in [6.07, 6.45) is 0.926. The standard InChI is InChI=1S/C14H15BrN2OS/c15-12-8-19-7-11(12)13(17-16)14-10-4-2-1-3-9(10)5-6-18-14/h1-4,7-8,13-14,17H,5-6,16H2. The zero-order chi connectivity index (χ0) is 13.2. The van der Waals surface area contributed by atoms with Gasteiger partial charge in [-0.15, -0.1) is 0 Å². The second-order valence-electron chi connectivity index (χ2n) is 4.56. The summed E-state index contributed by atoms with van der Waals surface area (Å²) in [6.45, 7) is 0.738. The monoisotopic (exact) mass is 338 g/mol. The molecule has 3 N–H and O–H groups in total. The Morgan fingerprint density at radius 3 is 2.95 bits per heavy atom. The second kappa shape index (κ2) is 5.73. The van der Waals surface area contributed by atoms with Crippen LogP contribution in [0.3, 0.4) is 0 Å². The van der Waals surface area contributed by atoms with E-state index in [4.69, 9.17) is 10.6 Å². The first kappa shape index (κ1) is 13.3. The van der Waals surface area contributed by atoms with Gasteiger partial charge in [0.2, 0.25) is 0 Å². The highest BCUT2D eigenvalue weighted by Crippen LogP contribution is 2.39. The molecule has 0 aliphatic carbocycles. The fourth-order valence-electron chi connectivity index (χ4n) is 2.55. The lowest BCUT2D eigenvalue weighted by Gasteiger charge is -2.32. The summed E-state index contributed by atoms with van der Waals surface area (Å²) >= 11 is 5.23. The lowest BCUT2D eigenvalue weighted by molar-refractivity contribution is 0.0146. The summed E-state index contributed by atoms with van der Waals surface area (Å²) in [4.78, 5) is 0. The van der Waals surface area contributed by atoms with Crippen LogP contribution in [0.1, 0.15) is 28.8 Å². The smallest absolute Gasteiger partial charge is 0.104 e. The van der Waals surface area contributed by atoms with Gasteiger partial charge in [-0.3, -0.25) is 5.84 Å². The topological polar surface area (TPSA) is 47.3 Å². The number of halogens is 1. The van der Waals surface area contributed by atoms with Crippen molar-refractivity contribution in [3.05, 3.63) is 56.2 Å². The van der Waals surface area contributed by atoms with Crippen molar-refractivity contribution in [2.24, 2.45) is 5.84 Å². The average molecular weight is 339 g/mol. The van der Waals surface area contributed by atoms with Crippen molar-refractivity contribution in [2.45, 2.75) is 18.6 Å². The zero-order valence-corrected chi connectivity index (χ0v) is 12.7. The summed E-state index contributed by atoms with van der Waals surface area (Å²) in [5, 5.41) is 4.17. The van der Waals surface area contributed by atoms with Crippen LogP contribution < -0.4 is 11.3 Å². The maximum absolute atomic E-state index is 5.98. The van der Waals surface area contributed by atoms with Crippen LogP contribution in [0.5, 0.6) is 0 Å². The Hall–Kier alpha value is -0.720. The maximum atomic E-state index is 5.98. The summed E-state index contributed by atoms with van der Waals surface area (Å²) in [5.74, 6) is 5.77. The zero-order valence-electron chi connectivity index (χ0n) is 10.3. The molecule has 0 fully saturated rings. The van der Waals surface area contributed by atoms with E-state index in [-0.39, 0.29) is 12.1 Å². The minimum absolute atomic E-state index is 0.0397. The molecule has 1 aliphatic rings. The van der Waals surface area contributed by atoms with E-state index in [1.54, 1.807) is 11.3 Å². The van der Waals surface area contributed by atoms with Crippen LogP contribution in [-0.4, -0.2) is 6.61 Å². The number of fused-ring (bicyclic) bond motifs is 1. The molecular formula is C14H15BrN2OS. The first-order valence-corrected chi connectivity index (χ1v) is 7.92. The maximum Gasteiger partial charge on any atom is 0.104 e. The molecule has 0 saturated carbocycles. The van der Waals surface area contributed by atoms with Gasteiger partial charge in [-0.2, -0.15) is 11.3 Å². The SMILES string of the molecule is NNC(c1cscc1Br)C1OCCc2ccccc21. The van der Waals surface area contributed by atoms with Crippen LogP contribution >= 0.6 is 27.3 Å². The number of benzene rings is 1. The molecule has 2 unspecified atom stereocenters. The van der Waals surface area contributed by atoms with E-state index < -0.39 is 0 Å². The second-order valence-corrected chi connectivity index (χ2v) is 6.16. The molecule has 19 heavy (non-hydrogen) atoms. The number of nitrogens with two attached hydrogens (primary N) is 1. The molecule has 2 heterocycles. The summed E-state index contributed by atoms with van der Waals surface area (Å²) < 4.78 is 7.05. The van der Waals surface area contributed by atoms with Crippen LogP contribution in [-0.2, 0) is 11.2 Å². The molecule has 0 radical (unpaired) electrons. The predicted octanol–water partition coefficient (Wildman–Crippen LogP) is 3.33. The van der Waals surface area contributed by atoms with Gasteiger partial charge in [0, 0.05) is 9.85 Å². The van der Waals surface area contributed by atoms with Gasteiger partial charge in [-0.1, -0.05) is 24.3 Å². The summed E-state index contributed by atoms with van der Waals surface area (Å²) in [7, 11) is 0. The first-order valence-electron chi connectivity index (χ1n) is 6.18. The Morgan fingerprint density at radius 2 is 2.21 bits per heavy atom. The third-order valence-corrected chi connectivity index (χ3v) is 5.24. The molecule has 0 bridgehead atoms. The van der Waals surface area contributed by atoms with Crippen molar-refractivity contribution in [1.29, 1.82) is 0 Å². The summed E-state index contributed by atoms with van der Waals surface area (Å²) in [6, 6.07) is 8.39. The van der Waals surface area contributed by atoms with Crippen molar-refractivity contribution < 1.29 is 4.74 Å². The number of hydrazine groups is 1. The molecule has 2 atom stereocenters. The molecule has 1 aliphatic heterocycles. The minimum Gasteiger partial charge on any atom is -0.371 e. The normalized spacial score (nSPS) is 20.0. The number of ether oxygens (including phenoxy) is 1. The van der Waals surface area contributed by atoms with E-state index >= 15 is 0 Å². The Balaban J connectivity index is 2.00. The third-order valence-electron chi connectivity index (χ3n) is 3.49. The lowest BCUT2D eigenvalue weighted by atomic mass is 9.91. The van der Waals surface area contributed by atoms with Gasteiger partial charge in [0.15, 0.2) is 0 Å². The first-order chi connectivity index (χ1) is 9.31. The molecule has 0 amide bonds. The molecular weight excluding hydrogens is 324 g/mol. The highest BCUT2D eigenvalue weighted by Gasteiger charge is 2.30. The van der Waals surface area contributed by atoms with Crippen LogP contribution in [0.4, 0.5) is 0 Å². The Morgan fingerprint density at radius 1 is 1.37 bits per heavy atom. The molecule has 3 nitrogen and oxygen atoms in total. The fourth-order valence-corrected chi connectivity index (χ4v) is 4.13. The van der Waals surface area contributed by atoms with Crippen molar-refractivity contribution in [3.8, 4) is 0 Å². The molecule has 100 valence electrons. The Labute approximate surface area is 124 Å². The molecule has 5 heteroatoms.